The number of hydrogen-bond donors (Lipinski definition) is 1. The van der Waals surface area contributed by atoms with Crippen molar-refractivity contribution in [3.8, 4) is 0 Å². The summed E-state index contributed by atoms with van der Waals surface area (Å²) in [5, 5.41) is 6.58. The molecule has 0 atom stereocenters. The van der Waals surface area contributed by atoms with E-state index >= 15 is 0 Å². The molecule has 0 unspecified atom stereocenters. The summed E-state index contributed by atoms with van der Waals surface area (Å²) in [6.45, 7) is 4.51. The van der Waals surface area contributed by atoms with E-state index in [-0.39, 0.29) is 16.3 Å². The van der Waals surface area contributed by atoms with Gasteiger partial charge in [-0.05, 0) is 67.9 Å². The number of amides is 1. The number of ether oxygens (including phenoxy) is 1. The van der Waals surface area contributed by atoms with Crippen molar-refractivity contribution in [1.29, 1.82) is 0 Å². The number of carbonyl (C=O) groups excluding carboxylic acids is 2. The van der Waals surface area contributed by atoms with Gasteiger partial charge in [-0.2, -0.15) is 18.3 Å². The molecular formula is C19H21BrF3N3O3S. The summed E-state index contributed by atoms with van der Waals surface area (Å²) in [5.74, 6) is -1.07. The molecule has 30 heavy (non-hydrogen) atoms. The van der Waals surface area contributed by atoms with E-state index in [2.05, 4.69) is 26.3 Å². The van der Waals surface area contributed by atoms with E-state index in [9.17, 15) is 22.8 Å². The van der Waals surface area contributed by atoms with Gasteiger partial charge in [-0.3, -0.25) is 9.48 Å². The average Bonchev–Trinajstić information content (AvgIpc) is 3.12. The molecule has 1 N–H and O–H groups in total. The number of halogens is 4. The lowest BCUT2D eigenvalue weighted by molar-refractivity contribution is -0.142. The number of anilines is 1. The van der Waals surface area contributed by atoms with Gasteiger partial charge in [-0.25, -0.2) is 4.79 Å². The fourth-order valence-electron chi connectivity index (χ4n) is 3.30. The molecule has 3 rings (SSSR count). The Kier molecular flexibility index (Phi) is 6.61. The Morgan fingerprint density at radius 2 is 1.97 bits per heavy atom. The summed E-state index contributed by atoms with van der Waals surface area (Å²) in [5.41, 5.74) is 0.346. The molecule has 0 bridgehead atoms. The second kappa shape index (κ2) is 8.70. The van der Waals surface area contributed by atoms with Crippen LogP contribution in [0.4, 0.5) is 18.2 Å². The van der Waals surface area contributed by atoms with Crippen molar-refractivity contribution >= 4 is 44.1 Å². The first-order valence-corrected chi connectivity index (χ1v) is 11.1. The smallest absolute Gasteiger partial charge is 0.436 e. The number of rotatable bonds is 5. The standard InChI is InChI=1S/C19H21BrF3N3O3S/c1-9(2)29-18(28)14-11-6-4-5-7-12(11)30-17(14)24-13(27)8-26-10(3)15(20)16(25-26)19(21,22)23/h9H,4-8H2,1-3H3,(H,24,27). The third-order valence-corrected chi connectivity index (χ3v) is 6.82. The van der Waals surface area contributed by atoms with E-state index in [0.717, 1.165) is 40.8 Å². The largest absolute Gasteiger partial charge is 0.459 e. The van der Waals surface area contributed by atoms with Gasteiger partial charge in [0.15, 0.2) is 5.69 Å². The molecule has 1 amide bonds. The van der Waals surface area contributed by atoms with Gasteiger partial charge >= 0.3 is 12.1 Å². The number of nitrogens with zero attached hydrogens (tertiary/aromatic N) is 2. The van der Waals surface area contributed by atoms with Gasteiger partial charge in [0.25, 0.3) is 0 Å². The second-order valence-corrected chi connectivity index (χ2v) is 9.22. The van der Waals surface area contributed by atoms with Crippen LogP contribution in [0.15, 0.2) is 4.47 Å². The lowest BCUT2D eigenvalue weighted by Gasteiger charge is -2.14. The van der Waals surface area contributed by atoms with E-state index in [4.69, 9.17) is 4.74 Å². The zero-order valence-corrected chi connectivity index (χ0v) is 19.1. The first-order valence-electron chi connectivity index (χ1n) is 9.44. The van der Waals surface area contributed by atoms with Gasteiger partial charge in [-0.15, -0.1) is 11.3 Å². The molecule has 164 valence electrons. The fourth-order valence-corrected chi connectivity index (χ4v) is 5.11. The summed E-state index contributed by atoms with van der Waals surface area (Å²) < 4.78 is 45.3. The summed E-state index contributed by atoms with van der Waals surface area (Å²) >= 11 is 4.21. The molecule has 0 radical (unpaired) electrons. The lowest BCUT2D eigenvalue weighted by atomic mass is 9.95. The molecule has 11 heteroatoms. The van der Waals surface area contributed by atoms with Crippen molar-refractivity contribution in [2.24, 2.45) is 0 Å². The third kappa shape index (κ3) is 4.72. The van der Waals surface area contributed by atoms with Crippen LogP contribution in [-0.2, 0) is 35.1 Å². The molecule has 0 aliphatic heterocycles. The van der Waals surface area contributed by atoms with Crippen LogP contribution in [0.2, 0.25) is 0 Å². The number of thiophene rings is 1. The number of aryl methyl sites for hydroxylation is 1. The van der Waals surface area contributed by atoms with Crippen LogP contribution < -0.4 is 5.32 Å². The van der Waals surface area contributed by atoms with Crippen LogP contribution in [-0.4, -0.2) is 27.8 Å². The normalized spacial score (nSPS) is 14.0. The zero-order valence-electron chi connectivity index (χ0n) is 16.7. The second-order valence-electron chi connectivity index (χ2n) is 7.32. The lowest BCUT2D eigenvalue weighted by Crippen LogP contribution is -2.22. The van der Waals surface area contributed by atoms with Crippen molar-refractivity contribution in [3.63, 3.8) is 0 Å². The fraction of sp³-hybridized carbons (Fsp3) is 0.526. The highest BCUT2D eigenvalue weighted by Crippen LogP contribution is 2.39. The van der Waals surface area contributed by atoms with Crippen LogP contribution in [0.3, 0.4) is 0 Å². The number of esters is 1. The van der Waals surface area contributed by atoms with Crippen molar-refractivity contribution in [2.75, 3.05) is 5.32 Å². The quantitative estimate of drug-likeness (QED) is 0.570. The highest BCUT2D eigenvalue weighted by molar-refractivity contribution is 9.10. The minimum atomic E-state index is -4.63. The first kappa shape index (κ1) is 22.8. The molecule has 2 aromatic heterocycles. The minimum absolute atomic E-state index is 0.183. The Morgan fingerprint density at radius 3 is 2.57 bits per heavy atom. The highest BCUT2D eigenvalue weighted by Gasteiger charge is 2.38. The number of alkyl halides is 3. The van der Waals surface area contributed by atoms with Crippen LogP contribution >= 0.6 is 27.3 Å². The molecular weight excluding hydrogens is 487 g/mol. The predicted molar refractivity (Wildman–Crippen MR) is 110 cm³/mol. The van der Waals surface area contributed by atoms with E-state index in [1.807, 2.05) is 0 Å². The van der Waals surface area contributed by atoms with Crippen LogP contribution in [0.25, 0.3) is 0 Å². The molecule has 1 aliphatic rings. The molecule has 0 fully saturated rings. The van der Waals surface area contributed by atoms with Crippen molar-refractivity contribution in [3.05, 3.63) is 31.9 Å². The monoisotopic (exact) mass is 507 g/mol. The van der Waals surface area contributed by atoms with E-state index in [1.54, 1.807) is 13.8 Å². The topological polar surface area (TPSA) is 73.2 Å². The maximum absolute atomic E-state index is 13.0. The van der Waals surface area contributed by atoms with Crippen molar-refractivity contribution in [2.45, 2.75) is 65.3 Å². The number of nitrogens with one attached hydrogen (secondary N) is 1. The van der Waals surface area contributed by atoms with Crippen molar-refractivity contribution in [1.82, 2.24) is 9.78 Å². The molecule has 2 aromatic rings. The molecule has 0 spiro atoms. The number of fused-ring (bicyclic) bond motifs is 1. The van der Waals surface area contributed by atoms with Gasteiger partial charge in [0.1, 0.15) is 11.5 Å². The van der Waals surface area contributed by atoms with Crippen LogP contribution in [0.1, 0.15) is 58.9 Å². The first-order chi connectivity index (χ1) is 14.0. The Hall–Kier alpha value is -1.88. The van der Waals surface area contributed by atoms with Gasteiger partial charge < -0.3 is 10.1 Å². The molecule has 0 saturated carbocycles. The van der Waals surface area contributed by atoms with Gasteiger partial charge in [0, 0.05) is 4.88 Å². The van der Waals surface area contributed by atoms with Crippen LogP contribution in [0, 0.1) is 6.92 Å². The SMILES string of the molecule is Cc1c(Br)c(C(F)(F)F)nn1CC(=O)Nc1sc2c(c1C(=O)OC(C)C)CCCC2. The summed E-state index contributed by atoms with van der Waals surface area (Å²) in [6.07, 6.45) is -1.46. The average molecular weight is 508 g/mol. The van der Waals surface area contributed by atoms with Crippen LogP contribution in [0.5, 0.6) is 0 Å². The maximum atomic E-state index is 13.0. The Bertz CT molecular complexity index is 982. The summed E-state index contributed by atoms with van der Waals surface area (Å²) in [6, 6.07) is 0. The summed E-state index contributed by atoms with van der Waals surface area (Å²) in [7, 11) is 0. The predicted octanol–water partition coefficient (Wildman–Crippen LogP) is 5.12. The molecule has 2 heterocycles. The van der Waals surface area contributed by atoms with Gasteiger partial charge in [-0.1, -0.05) is 0 Å². The van der Waals surface area contributed by atoms with Gasteiger partial charge in [0.05, 0.1) is 21.8 Å². The zero-order chi connectivity index (χ0) is 22.2. The molecule has 1 aliphatic carbocycles. The number of aromatic nitrogens is 2. The third-order valence-electron chi connectivity index (χ3n) is 4.67. The Labute approximate surface area is 183 Å². The van der Waals surface area contributed by atoms with E-state index in [0.29, 0.717) is 10.6 Å². The highest BCUT2D eigenvalue weighted by atomic mass is 79.9. The minimum Gasteiger partial charge on any atom is -0.459 e. The van der Waals surface area contributed by atoms with E-state index in [1.165, 1.54) is 18.3 Å². The Balaban J connectivity index is 1.85. The van der Waals surface area contributed by atoms with Gasteiger partial charge in [0.2, 0.25) is 5.91 Å². The van der Waals surface area contributed by atoms with Crippen molar-refractivity contribution < 1.29 is 27.5 Å². The molecule has 0 aromatic carbocycles. The Morgan fingerprint density at radius 1 is 1.30 bits per heavy atom. The molecule has 0 saturated heterocycles. The van der Waals surface area contributed by atoms with E-state index < -0.39 is 30.3 Å². The number of hydrogen-bond acceptors (Lipinski definition) is 5. The molecule has 6 nitrogen and oxygen atoms in total. The number of carbonyl (C=O) groups is 2. The summed E-state index contributed by atoms with van der Waals surface area (Å²) in [4.78, 5) is 26.3. The maximum Gasteiger partial charge on any atom is 0.436 e.